The number of hydrogen-bond donors (Lipinski definition) is 0. The quantitative estimate of drug-likeness (QED) is 0.154. The standard InChI is InChI=1S/C74H47NS/c1-3-20-48(21-4-1)50-24-17-26-52(44-50)73(53-27-18-25-51(45-53)49-22-5-2-6-23-49)63-33-12-7-30-58(63)59-42-40-54(46-68(59)73)75(55-41-43-61-60-31-11-16-39-70(60)76-71(61)47-55)69-38-19-37-67-72(69)62-32-10-15-36-66(62)74(67)64-34-13-8-28-56(64)57-29-9-14-35-65(57)74/h1-47H. The van der Waals surface area contributed by atoms with Crippen LogP contribution in [0.15, 0.2) is 285 Å². The minimum atomic E-state index is -0.689. The number of nitrogens with zero attached hydrogens (tertiary/aromatic N) is 1. The summed E-state index contributed by atoms with van der Waals surface area (Å²) in [4.78, 5) is 2.58. The molecule has 13 aromatic rings. The molecule has 0 atom stereocenters. The Kier molecular flexibility index (Phi) is 9.40. The Morgan fingerprint density at radius 1 is 0.263 bits per heavy atom. The maximum Gasteiger partial charge on any atom is 0.0726 e. The molecule has 1 aromatic heterocycles. The highest BCUT2D eigenvalue weighted by Gasteiger charge is 2.53. The molecule has 0 N–H and O–H groups in total. The van der Waals surface area contributed by atoms with E-state index in [1.807, 2.05) is 11.3 Å². The number of rotatable bonds is 7. The minimum Gasteiger partial charge on any atom is -0.310 e. The predicted molar refractivity (Wildman–Crippen MR) is 318 cm³/mol. The molecule has 1 spiro atoms. The van der Waals surface area contributed by atoms with E-state index in [-0.39, 0.29) is 0 Å². The molecular formula is C74H47NS. The first-order chi connectivity index (χ1) is 37.7. The Hall–Kier alpha value is -9.34. The highest BCUT2D eigenvalue weighted by atomic mass is 32.1. The lowest BCUT2D eigenvalue weighted by atomic mass is 9.67. The zero-order valence-corrected chi connectivity index (χ0v) is 42.3. The largest absolute Gasteiger partial charge is 0.310 e. The monoisotopic (exact) mass is 981 g/mol. The summed E-state index contributed by atoms with van der Waals surface area (Å²) in [5, 5.41) is 2.58. The van der Waals surface area contributed by atoms with Crippen molar-refractivity contribution in [1.29, 1.82) is 0 Å². The van der Waals surface area contributed by atoms with Crippen LogP contribution in [0.25, 0.3) is 75.8 Å². The highest BCUT2D eigenvalue weighted by molar-refractivity contribution is 7.25. The van der Waals surface area contributed by atoms with Crippen molar-refractivity contribution in [3.63, 3.8) is 0 Å². The third-order valence-electron chi connectivity index (χ3n) is 17.0. The molecule has 1 nitrogen and oxygen atoms in total. The fourth-order valence-electron chi connectivity index (χ4n) is 13.9. The van der Waals surface area contributed by atoms with Crippen LogP contribution in [-0.4, -0.2) is 0 Å². The van der Waals surface area contributed by atoms with Crippen molar-refractivity contribution in [2.24, 2.45) is 0 Å². The van der Waals surface area contributed by atoms with Gasteiger partial charge in [-0.05, 0) is 143 Å². The summed E-state index contributed by atoms with van der Waals surface area (Å²) in [6, 6.07) is 107. The van der Waals surface area contributed by atoms with Gasteiger partial charge in [0.25, 0.3) is 0 Å². The van der Waals surface area contributed by atoms with Crippen LogP contribution in [0, 0.1) is 0 Å². The summed E-state index contributed by atoms with van der Waals surface area (Å²) in [5.74, 6) is 0. The van der Waals surface area contributed by atoms with Crippen molar-refractivity contribution >= 4 is 48.6 Å². The Bertz CT molecular complexity index is 4360. The smallest absolute Gasteiger partial charge is 0.0726 e. The van der Waals surface area contributed by atoms with Gasteiger partial charge >= 0.3 is 0 Å². The average molecular weight is 982 g/mol. The van der Waals surface area contributed by atoms with E-state index in [9.17, 15) is 0 Å². The number of anilines is 3. The van der Waals surface area contributed by atoms with Crippen LogP contribution in [0.2, 0.25) is 0 Å². The highest BCUT2D eigenvalue weighted by Crippen LogP contribution is 2.65. The molecule has 0 radical (unpaired) electrons. The lowest BCUT2D eigenvalue weighted by Crippen LogP contribution is -2.29. The van der Waals surface area contributed by atoms with Crippen molar-refractivity contribution in [1.82, 2.24) is 0 Å². The molecule has 1 heterocycles. The van der Waals surface area contributed by atoms with Crippen molar-refractivity contribution in [2.45, 2.75) is 10.8 Å². The topological polar surface area (TPSA) is 3.24 Å². The molecular weight excluding hydrogens is 935 g/mol. The van der Waals surface area contributed by atoms with Crippen LogP contribution in [-0.2, 0) is 10.8 Å². The number of hydrogen-bond acceptors (Lipinski definition) is 2. The van der Waals surface area contributed by atoms with Gasteiger partial charge in [0.2, 0.25) is 0 Å². The maximum atomic E-state index is 2.58. The summed E-state index contributed by atoms with van der Waals surface area (Å²) in [6.07, 6.45) is 0. The van der Waals surface area contributed by atoms with Gasteiger partial charge in [-0.25, -0.2) is 0 Å². The molecule has 0 saturated heterocycles. The lowest BCUT2D eigenvalue weighted by Gasteiger charge is -2.36. The SMILES string of the molecule is c1ccc(-c2cccc(C3(c4cccc(-c5ccccc5)c4)c4ccccc4-c4ccc(N(c5ccc6c(c5)sc5ccccc56)c5cccc6c5-c5ccccc5C65c6ccccc6-c6ccccc65)cc43)c2)cc1. The van der Waals surface area contributed by atoms with E-state index in [1.54, 1.807) is 0 Å². The van der Waals surface area contributed by atoms with Crippen LogP contribution in [0.4, 0.5) is 17.1 Å². The Labute approximate surface area is 446 Å². The van der Waals surface area contributed by atoms with Crippen molar-refractivity contribution in [3.8, 4) is 55.6 Å². The molecule has 0 unspecified atom stereocenters. The molecule has 76 heavy (non-hydrogen) atoms. The first kappa shape index (κ1) is 43.1. The maximum absolute atomic E-state index is 2.58. The van der Waals surface area contributed by atoms with Crippen LogP contribution in [0.3, 0.4) is 0 Å². The second-order valence-corrected chi connectivity index (χ2v) is 21.7. The summed E-state index contributed by atoms with van der Waals surface area (Å²) >= 11 is 1.88. The van der Waals surface area contributed by atoms with Gasteiger partial charge in [-0.15, -0.1) is 11.3 Å². The summed E-state index contributed by atoms with van der Waals surface area (Å²) < 4.78 is 2.57. The Morgan fingerprint density at radius 3 is 1.34 bits per heavy atom. The first-order valence-corrected chi connectivity index (χ1v) is 27.2. The lowest BCUT2D eigenvalue weighted by molar-refractivity contribution is 0.769. The van der Waals surface area contributed by atoms with Gasteiger partial charge in [-0.3, -0.25) is 0 Å². The summed E-state index contributed by atoms with van der Waals surface area (Å²) in [6.45, 7) is 0. The molecule has 3 aliphatic carbocycles. The van der Waals surface area contributed by atoms with Crippen LogP contribution >= 0.6 is 11.3 Å². The van der Waals surface area contributed by atoms with Crippen LogP contribution in [0.5, 0.6) is 0 Å². The molecule has 3 aliphatic rings. The summed E-state index contributed by atoms with van der Waals surface area (Å²) in [7, 11) is 0. The van der Waals surface area contributed by atoms with E-state index in [0.29, 0.717) is 0 Å². The second kappa shape index (κ2) is 16.6. The van der Waals surface area contributed by atoms with Gasteiger partial charge in [0.05, 0.1) is 16.5 Å². The minimum absolute atomic E-state index is 0.488. The Morgan fingerprint density at radius 2 is 0.711 bits per heavy atom. The molecule has 12 aromatic carbocycles. The first-order valence-electron chi connectivity index (χ1n) is 26.4. The Balaban J connectivity index is 0.999. The van der Waals surface area contributed by atoms with Gasteiger partial charge < -0.3 is 4.90 Å². The third-order valence-corrected chi connectivity index (χ3v) is 18.1. The normalized spacial score (nSPS) is 13.7. The van der Waals surface area contributed by atoms with Gasteiger partial charge in [0.1, 0.15) is 0 Å². The summed E-state index contributed by atoms with van der Waals surface area (Å²) in [5.41, 5.74) is 25.0. The number of benzene rings is 12. The molecule has 354 valence electrons. The van der Waals surface area contributed by atoms with E-state index >= 15 is 0 Å². The number of fused-ring (bicyclic) bond motifs is 16. The molecule has 0 saturated carbocycles. The van der Waals surface area contributed by atoms with Gasteiger partial charge in [0, 0.05) is 37.1 Å². The van der Waals surface area contributed by atoms with Gasteiger partial charge in [-0.2, -0.15) is 0 Å². The fourth-order valence-corrected chi connectivity index (χ4v) is 15.1. The molecule has 0 amide bonds. The number of thiophene rings is 1. The van der Waals surface area contributed by atoms with Gasteiger partial charge in [-0.1, -0.05) is 237 Å². The van der Waals surface area contributed by atoms with Crippen molar-refractivity contribution < 1.29 is 0 Å². The van der Waals surface area contributed by atoms with Crippen molar-refractivity contribution in [2.75, 3.05) is 4.90 Å². The van der Waals surface area contributed by atoms with Crippen LogP contribution < -0.4 is 4.90 Å². The van der Waals surface area contributed by atoms with E-state index < -0.39 is 10.8 Å². The zero-order valence-electron chi connectivity index (χ0n) is 41.5. The molecule has 0 bridgehead atoms. The fraction of sp³-hybridized carbons (Fsp3) is 0.0270. The van der Waals surface area contributed by atoms with Crippen molar-refractivity contribution in [3.05, 3.63) is 330 Å². The predicted octanol–water partition coefficient (Wildman–Crippen LogP) is 19.6. The third kappa shape index (κ3) is 5.96. The molecule has 2 heteroatoms. The van der Waals surface area contributed by atoms with E-state index in [4.69, 9.17) is 0 Å². The second-order valence-electron chi connectivity index (χ2n) is 20.6. The average Bonchev–Trinajstić information content (AvgIpc) is 4.23. The van der Waals surface area contributed by atoms with E-state index in [1.165, 1.54) is 120 Å². The van der Waals surface area contributed by atoms with Gasteiger partial charge in [0.15, 0.2) is 0 Å². The van der Waals surface area contributed by atoms with E-state index in [0.717, 1.165) is 17.1 Å². The van der Waals surface area contributed by atoms with E-state index in [2.05, 4.69) is 290 Å². The molecule has 16 rings (SSSR count). The van der Waals surface area contributed by atoms with Crippen LogP contribution in [0.1, 0.15) is 44.5 Å². The molecule has 0 fully saturated rings. The zero-order chi connectivity index (χ0) is 50.0. The molecule has 0 aliphatic heterocycles.